The Kier molecular flexibility index (Phi) is 4.92. The van der Waals surface area contributed by atoms with Crippen molar-refractivity contribution in [2.75, 3.05) is 49.5 Å². The second kappa shape index (κ2) is 6.49. The standard InChI is InChI=1S/C17H29N3/c1-5-19-10-12-20(13-11-19)16-8-6-15(7-9-16)18-14-17(2,3)4/h6-9,18H,5,10-14H2,1-4H3. The van der Waals surface area contributed by atoms with Crippen molar-refractivity contribution < 1.29 is 0 Å². The molecule has 3 nitrogen and oxygen atoms in total. The van der Waals surface area contributed by atoms with Crippen LogP contribution in [0, 0.1) is 5.41 Å². The van der Waals surface area contributed by atoms with Gasteiger partial charge in [-0.15, -0.1) is 0 Å². The van der Waals surface area contributed by atoms with Gasteiger partial charge in [-0.1, -0.05) is 27.7 Å². The SMILES string of the molecule is CCN1CCN(c2ccc(NCC(C)(C)C)cc2)CC1. The van der Waals surface area contributed by atoms with Crippen molar-refractivity contribution in [1.82, 2.24) is 4.90 Å². The van der Waals surface area contributed by atoms with Crippen LogP contribution in [0.25, 0.3) is 0 Å². The molecule has 0 aromatic heterocycles. The lowest BCUT2D eigenvalue weighted by atomic mass is 9.97. The molecular weight excluding hydrogens is 246 g/mol. The van der Waals surface area contributed by atoms with Crippen LogP contribution in [0.15, 0.2) is 24.3 Å². The molecule has 1 aliphatic rings. The molecule has 1 fully saturated rings. The van der Waals surface area contributed by atoms with E-state index in [1.54, 1.807) is 0 Å². The van der Waals surface area contributed by atoms with E-state index in [0.717, 1.165) is 19.6 Å². The molecule has 0 aliphatic carbocycles. The molecule has 0 saturated carbocycles. The predicted octanol–water partition coefficient (Wildman–Crippen LogP) is 3.29. The Balaban J connectivity index is 1.88. The van der Waals surface area contributed by atoms with Crippen LogP contribution in [0.2, 0.25) is 0 Å². The monoisotopic (exact) mass is 275 g/mol. The van der Waals surface area contributed by atoms with E-state index in [9.17, 15) is 0 Å². The van der Waals surface area contributed by atoms with Crippen LogP contribution in [-0.2, 0) is 0 Å². The van der Waals surface area contributed by atoms with E-state index >= 15 is 0 Å². The number of piperazine rings is 1. The van der Waals surface area contributed by atoms with E-state index in [0.29, 0.717) is 5.41 Å². The van der Waals surface area contributed by atoms with Gasteiger partial charge in [-0.05, 0) is 36.2 Å². The van der Waals surface area contributed by atoms with Crippen LogP contribution in [0.5, 0.6) is 0 Å². The van der Waals surface area contributed by atoms with Gasteiger partial charge >= 0.3 is 0 Å². The van der Waals surface area contributed by atoms with Gasteiger partial charge in [-0.25, -0.2) is 0 Å². The number of hydrogen-bond acceptors (Lipinski definition) is 3. The molecule has 1 aliphatic heterocycles. The van der Waals surface area contributed by atoms with Gasteiger partial charge in [0, 0.05) is 44.1 Å². The highest BCUT2D eigenvalue weighted by molar-refractivity contribution is 5.55. The van der Waals surface area contributed by atoms with Gasteiger partial charge < -0.3 is 15.1 Å². The van der Waals surface area contributed by atoms with Gasteiger partial charge in [0.2, 0.25) is 0 Å². The lowest BCUT2D eigenvalue weighted by molar-refractivity contribution is 0.271. The van der Waals surface area contributed by atoms with Crippen molar-refractivity contribution in [3.8, 4) is 0 Å². The first-order valence-electron chi connectivity index (χ1n) is 7.79. The van der Waals surface area contributed by atoms with Gasteiger partial charge in [0.25, 0.3) is 0 Å². The van der Waals surface area contributed by atoms with Crippen molar-refractivity contribution in [1.29, 1.82) is 0 Å². The molecule has 1 heterocycles. The van der Waals surface area contributed by atoms with Crippen LogP contribution in [0.4, 0.5) is 11.4 Å². The molecule has 0 amide bonds. The summed E-state index contributed by atoms with van der Waals surface area (Å²) in [6, 6.07) is 8.89. The normalized spacial score (nSPS) is 17.3. The number of nitrogens with zero attached hydrogens (tertiary/aromatic N) is 2. The molecule has 0 bridgehead atoms. The molecule has 1 saturated heterocycles. The van der Waals surface area contributed by atoms with E-state index in [-0.39, 0.29) is 0 Å². The molecule has 1 aromatic rings. The second-order valence-electron chi connectivity index (χ2n) is 6.88. The minimum Gasteiger partial charge on any atom is -0.385 e. The first-order chi connectivity index (χ1) is 9.48. The van der Waals surface area contributed by atoms with Gasteiger partial charge in [0.1, 0.15) is 0 Å². The summed E-state index contributed by atoms with van der Waals surface area (Å²) in [5, 5.41) is 3.50. The number of likely N-dealkylation sites (N-methyl/N-ethyl adjacent to an activating group) is 1. The zero-order chi connectivity index (χ0) is 14.6. The Bertz CT molecular complexity index is 397. The molecule has 112 valence electrons. The molecule has 1 N–H and O–H groups in total. The zero-order valence-electron chi connectivity index (χ0n) is 13.4. The lowest BCUT2D eigenvalue weighted by Gasteiger charge is -2.35. The average Bonchev–Trinajstić information content (AvgIpc) is 2.45. The van der Waals surface area contributed by atoms with Crippen molar-refractivity contribution in [2.24, 2.45) is 5.41 Å². The molecular formula is C17H29N3. The van der Waals surface area contributed by atoms with E-state index in [4.69, 9.17) is 0 Å². The number of nitrogens with one attached hydrogen (secondary N) is 1. The first kappa shape index (κ1) is 15.2. The molecule has 0 spiro atoms. The summed E-state index contributed by atoms with van der Waals surface area (Å²) in [5.41, 5.74) is 2.88. The van der Waals surface area contributed by atoms with Crippen molar-refractivity contribution in [2.45, 2.75) is 27.7 Å². The van der Waals surface area contributed by atoms with Crippen LogP contribution in [0.3, 0.4) is 0 Å². The topological polar surface area (TPSA) is 18.5 Å². The fourth-order valence-corrected chi connectivity index (χ4v) is 2.48. The maximum Gasteiger partial charge on any atom is 0.0368 e. The Morgan fingerprint density at radius 3 is 2.10 bits per heavy atom. The summed E-state index contributed by atoms with van der Waals surface area (Å²) >= 11 is 0. The third-order valence-electron chi connectivity index (χ3n) is 3.87. The summed E-state index contributed by atoms with van der Waals surface area (Å²) in [5.74, 6) is 0. The summed E-state index contributed by atoms with van der Waals surface area (Å²) in [6.07, 6.45) is 0. The molecule has 0 unspecified atom stereocenters. The molecule has 20 heavy (non-hydrogen) atoms. The van der Waals surface area contributed by atoms with Gasteiger partial charge in [0.15, 0.2) is 0 Å². The van der Waals surface area contributed by atoms with Crippen LogP contribution in [-0.4, -0.2) is 44.2 Å². The third kappa shape index (κ3) is 4.41. The summed E-state index contributed by atoms with van der Waals surface area (Å²) in [7, 11) is 0. The summed E-state index contributed by atoms with van der Waals surface area (Å²) in [4.78, 5) is 5.00. The Morgan fingerprint density at radius 2 is 1.60 bits per heavy atom. The largest absolute Gasteiger partial charge is 0.385 e. The molecule has 2 rings (SSSR count). The highest BCUT2D eigenvalue weighted by atomic mass is 15.3. The number of hydrogen-bond donors (Lipinski definition) is 1. The maximum atomic E-state index is 3.50. The van der Waals surface area contributed by atoms with E-state index in [2.05, 4.69) is 67.1 Å². The van der Waals surface area contributed by atoms with E-state index in [1.807, 2.05) is 0 Å². The van der Waals surface area contributed by atoms with Crippen molar-refractivity contribution >= 4 is 11.4 Å². The quantitative estimate of drug-likeness (QED) is 0.909. The summed E-state index contributed by atoms with van der Waals surface area (Å²) < 4.78 is 0. The molecule has 3 heteroatoms. The van der Waals surface area contributed by atoms with E-state index < -0.39 is 0 Å². The van der Waals surface area contributed by atoms with Gasteiger partial charge in [-0.2, -0.15) is 0 Å². The Hall–Kier alpha value is -1.22. The van der Waals surface area contributed by atoms with Crippen LogP contribution < -0.4 is 10.2 Å². The predicted molar refractivity (Wildman–Crippen MR) is 88.7 cm³/mol. The van der Waals surface area contributed by atoms with Crippen LogP contribution >= 0.6 is 0 Å². The van der Waals surface area contributed by atoms with Gasteiger partial charge in [0.05, 0.1) is 0 Å². The number of anilines is 2. The Morgan fingerprint density at radius 1 is 1.00 bits per heavy atom. The number of rotatable bonds is 4. The maximum absolute atomic E-state index is 3.50. The van der Waals surface area contributed by atoms with E-state index in [1.165, 1.54) is 31.0 Å². The fraction of sp³-hybridized carbons (Fsp3) is 0.647. The molecule has 0 atom stereocenters. The number of benzene rings is 1. The minimum absolute atomic E-state index is 0.315. The molecule has 1 aromatic carbocycles. The van der Waals surface area contributed by atoms with Crippen molar-refractivity contribution in [3.63, 3.8) is 0 Å². The average molecular weight is 275 g/mol. The highest BCUT2D eigenvalue weighted by Gasteiger charge is 2.15. The van der Waals surface area contributed by atoms with Crippen LogP contribution in [0.1, 0.15) is 27.7 Å². The summed E-state index contributed by atoms with van der Waals surface area (Å²) in [6.45, 7) is 15.8. The van der Waals surface area contributed by atoms with Crippen molar-refractivity contribution in [3.05, 3.63) is 24.3 Å². The smallest absolute Gasteiger partial charge is 0.0368 e. The fourth-order valence-electron chi connectivity index (χ4n) is 2.48. The van der Waals surface area contributed by atoms with Gasteiger partial charge in [-0.3, -0.25) is 0 Å². The Labute approximate surface area is 124 Å². The zero-order valence-corrected chi connectivity index (χ0v) is 13.4. The highest BCUT2D eigenvalue weighted by Crippen LogP contribution is 2.21. The first-order valence-corrected chi connectivity index (χ1v) is 7.79. The second-order valence-corrected chi connectivity index (χ2v) is 6.88. The molecule has 0 radical (unpaired) electrons. The minimum atomic E-state index is 0.315. The lowest BCUT2D eigenvalue weighted by Crippen LogP contribution is -2.46. The third-order valence-corrected chi connectivity index (χ3v) is 3.87.